The van der Waals surface area contributed by atoms with Gasteiger partial charge in [0.05, 0.1) is 0 Å². The summed E-state index contributed by atoms with van der Waals surface area (Å²) in [6, 6.07) is 0. The largest absolute Gasteiger partial charge is 0.459 e. The molecule has 0 heterocycles. The second-order valence-electron chi connectivity index (χ2n) is 6.56. The summed E-state index contributed by atoms with van der Waals surface area (Å²) in [5.41, 5.74) is 1.72. The van der Waals surface area contributed by atoms with Crippen molar-refractivity contribution in [2.45, 2.75) is 65.9 Å². The molecule has 1 aliphatic carbocycles. The summed E-state index contributed by atoms with van der Waals surface area (Å²) in [4.78, 5) is 23.3. The highest BCUT2D eigenvalue weighted by Gasteiger charge is 2.28. The van der Waals surface area contributed by atoms with Gasteiger partial charge in [-0.15, -0.1) is 0 Å². The molecule has 0 aromatic carbocycles. The Kier molecular flexibility index (Phi) is 8.07. The number of esters is 2. The van der Waals surface area contributed by atoms with Gasteiger partial charge in [0.2, 0.25) is 0 Å². The molecule has 3 atom stereocenters. The Hall–Kier alpha value is -1.58. The Morgan fingerprint density at radius 1 is 1.39 bits per heavy atom. The highest BCUT2D eigenvalue weighted by Crippen LogP contribution is 2.33. The van der Waals surface area contributed by atoms with E-state index in [0.717, 1.165) is 32.1 Å². The SMILES string of the molecule is C=C(C)C(=O)OCC(=O)OC(CCC)C1C=C(CC)CC(C)C1. The summed E-state index contributed by atoms with van der Waals surface area (Å²) in [5.74, 6) is -0.176. The predicted octanol–water partition coefficient (Wildman–Crippen LogP) is 4.20. The number of ether oxygens (including phenoxy) is 2. The van der Waals surface area contributed by atoms with Crippen molar-refractivity contribution in [1.82, 2.24) is 0 Å². The molecule has 0 fully saturated rings. The zero-order chi connectivity index (χ0) is 17.4. The number of carbonyl (C=O) groups excluding carboxylic acids is 2. The zero-order valence-electron chi connectivity index (χ0n) is 14.9. The third-order valence-corrected chi connectivity index (χ3v) is 4.19. The van der Waals surface area contributed by atoms with E-state index in [1.807, 2.05) is 0 Å². The van der Waals surface area contributed by atoms with Gasteiger partial charge in [0.1, 0.15) is 6.10 Å². The van der Waals surface area contributed by atoms with Gasteiger partial charge in [-0.1, -0.05) is 45.4 Å². The fraction of sp³-hybridized carbons (Fsp3) is 0.684. The molecule has 3 unspecified atom stereocenters. The van der Waals surface area contributed by atoms with Crippen molar-refractivity contribution >= 4 is 11.9 Å². The van der Waals surface area contributed by atoms with Crippen LogP contribution in [0.3, 0.4) is 0 Å². The average Bonchev–Trinajstić information content (AvgIpc) is 2.51. The van der Waals surface area contributed by atoms with E-state index in [4.69, 9.17) is 9.47 Å². The molecule has 1 aliphatic rings. The third-order valence-electron chi connectivity index (χ3n) is 4.19. The van der Waals surface area contributed by atoms with Crippen LogP contribution >= 0.6 is 0 Å². The van der Waals surface area contributed by atoms with Gasteiger partial charge in [0.15, 0.2) is 6.61 Å². The number of carbonyl (C=O) groups is 2. The van der Waals surface area contributed by atoms with Crippen molar-refractivity contribution in [1.29, 1.82) is 0 Å². The molecule has 0 aliphatic heterocycles. The lowest BCUT2D eigenvalue weighted by Crippen LogP contribution is -2.31. The Bertz CT molecular complexity index is 464. The van der Waals surface area contributed by atoms with Gasteiger partial charge in [-0.2, -0.15) is 0 Å². The van der Waals surface area contributed by atoms with E-state index < -0.39 is 11.9 Å². The molecule has 4 heteroatoms. The molecule has 0 aromatic rings. The molecule has 1 rings (SSSR count). The van der Waals surface area contributed by atoms with Crippen LogP contribution in [0.2, 0.25) is 0 Å². The summed E-state index contributed by atoms with van der Waals surface area (Å²) in [6.45, 7) is 11.2. The van der Waals surface area contributed by atoms with Crippen molar-refractivity contribution in [3.05, 3.63) is 23.8 Å². The Labute approximate surface area is 139 Å². The fourth-order valence-electron chi connectivity index (χ4n) is 3.05. The Balaban J connectivity index is 2.65. The number of hydrogen-bond acceptors (Lipinski definition) is 4. The summed E-state index contributed by atoms with van der Waals surface area (Å²) in [6.07, 6.45) is 7.13. The fourth-order valence-corrected chi connectivity index (χ4v) is 3.05. The maximum absolute atomic E-state index is 12.0. The van der Waals surface area contributed by atoms with Gasteiger partial charge in [0.25, 0.3) is 0 Å². The lowest BCUT2D eigenvalue weighted by molar-refractivity contribution is -0.162. The van der Waals surface area contributed by atoms with Gasteiger partial charge in [-0.3, -0.25) is 0 Å². The van der Waals surface area contributed by atoms with Crippen LogP contribution in [0.15, 0.2) is 23.8 Å². The van der Waals surface area contributed by atoms with Crippen LogP contribution < -0.4 is 0 Å². The van der Waals surface area contributed by atoms with Crippen LogP contribution in [0.1, 0.15) is 59.8 Å². The van der Waals surface area contributed by atoms with Crippen molar-refractivity contribution in [2.24, 2.45) is 11.8 Å². The van der Waals surface area contributed by atoms with Crippen LogP contribution in [0.5, 0.6) is 0 Å². The van der Waals surface area contributed by atoms with Crippen molar-refractivity contribution in [3.8, 4) is 0 Å². The first-order valence-electron chi connectivity index (χ1n) is 8.58. The molecule has 23 heavy (non-hydrogen) atoms. The summed E-state index contributed by atoms with van der Waals surface area (Å²) < 4.78 is 10.5. The summed E-state index contributed by atoms with van der Waals surface area (Å²) in [5, 5.41) is 0. The first kappa shape index (κ1) is 19.5. The van der Waals surface area contributed by atoms with Crippen LogP contribution in [0, 0.1) is 11.8 Å². The molecule has 0 saturated carbocycles. The average molecular weight is 322 g/mol. The van der Waals surface area contributed by atoms with Gasteiger partial charge in [-0.05, 0) is 38.5 Å². The smallest absolute Gasteiger partial charge is 0.344 e. The van der Waals surface area contributed by atoms with Crippen LogP contribution in [0.25, 0.3) is 0 Å². The summed E-state index contributed by atoms with van der Waals surface area (Å²) >= 11 is 0. The highest BCUT2D eigenvalue weighted by atomic mass is 16.6. The minimum absolute atomic E-state index is 0.139. The molecule has 0 amide bonds. The second kappa shape index (κ2) is 9.53. The Morgan fingerprint density at radius 2 is 2.09 bits per heavy atom. The van der Waals surface area contributed by atoms with Gasteiger partial charge >= 0.3 is 11.9 Å². The van der Waals surface area contributed by atoms with E-state index in [9.17, 15) is 9.59 Å². The molecule has 4 nitrogen and oxygen atoms in total. The van der Waals surface area contributed by atoms with Crippen LogP contribution in [-0.2, 0) is 19.1 Å². The Morgan fingerprint density at radius 3 is 2.65 bits per heavy atom. The van der Waals surface area contributed by atoms with E-state index in [-0.39, 0.29) is 24.2 Å². The molecule has 0 radical (unpaired) electrons. The van der Waals surface area contributed by atoms with Gasteiger partial charge in [0, 0.05) is 11.5 Å². The maximum atomic E-state index is 12.0. The molecule has 0 saturated heterocycles. The van der Waals surface area contributed by atoms with E-state index in [1.165, 1.54) is 5.57 Å². The standard InChI is InChI=1S/C19H30O4/c1-6-8-17(16-10-14(5)9-15(7-2)11-16)23-18(20)12-22-19(21)13(3)4/h11,14,16-17H,3,6-10,12H2,1-2,4-5H3. The van der Waals surface area contributed by atoms with E-state index in [0.29, 0.717) is 5.92 Å². The summed E-state index contributed by atoms with van der Waals surface area (Å²) in [7, 11) is 0. The monoisotopic (exact) mass is 322 g/mol. The molecular formula is C19H30O4. The maximum Gasteiger partial charge on any atom is 0.344 e. The zero-order valence-corrected chi connectivity index (χ0v) is 14.9. The van der Waals surface area contributed by atoms with E-state index >= 15 is 0 Å². The normalized spacial score (nSPS) is 22.0. The number of rotatable bonds is 8. The second-order valence-corrected chi connectivity index (χ2v) is 6.56. The highest BCUT2D eigenvalue weighted by molar-refractivity contribution is 5.88. The molecular weight excluding hydrogens is 292 g/mol. The molecule has 0 N–H and O–H groups in total. The minimum atomic E-state index is -0.562. The van der Waals surface area contributed by atoms with Gasteiger partial charge < -0.3 is 9.47 Å². The first-order chi connectivity index (χ1) is 10.9. The predicted molar refractivity (Wildman–Crippen MR) is 90.8 cm³/mol. The lowest BCUT2D eigenvalue weighted by Gasteiger charge is -2.31. The number of hydrogen-bond donors (Lipinski definition) is 0. The third kappa shape index (κ3) is 6.59. The molecule has 130 valence electrons. The van der Waals surface area contributed by atoms with E-state index in [2.05, 4.69) is 33.4 Å². The quantitative estimate of drug-likeness (QED) is 0.382. The van der Waals surface area contributed by atoms with Gasteiger partial charge in [-0.25, -0.2) is 9.59 Å². The minimum Gasteiger partial charge on any atom is -0.459 e. The van der Waals surface area contributed by atoms with Crippen LogP contribution in [0.4, 0.5) is 0 Å². The molecule has 0 aromatic heterocycles. The van der Waals surface area contributed by atoms with Crippen molar-refractivity contribution in [2.75, 3.05) is 6.61 Å². The molecule has 0 bridgehead atoms. The van der Waals surface area contributed by atoms with Crippen LogP contribution in [-0.4, -0.2) is 24.6 Å². The van der Waals surface area contributed by atoms with Crippen molar-refractivity contribution < 1.29 is 19.1 Å². The molecule has 0 spiro atoms. The first-order valence-corrected chi connectivity index (χ1v) is 8.58. The topological polar surface area (TPSA) is 52.6 Å². The van der Waals surface area contributed by atoms with E-state index in [1.54, 1.807) is 6.92 Å². The van der Waals surface area contributed by atoms with Crippen molar-refractivity contribution in [3.63, 3.8) is 0 Å². The number of allylic oxidation sites excluding steroid dienone is 1. The lowest BCUT2D eigenvalue weighted by atomic mass is 9.79.